The summed E-state index contributed by atoms with van der Waals surface area (Å²) >= 11 is 0. The second kappa shape index (κ2) is 11.2. The summed E-state index contributed by atoms with van der Waals surface area (Å²) in [7, 11) is 0. The lowest BCUT2D eigenvalue weighted by molar-refractivity contribution is 0.125. The summed E-state index contributed by atoms with van der Waals surface area (Å²) in [5.41, 5.74) is 3.11. The van der Waals surface area contributed by atoms with Crippen LogP contribution in [0.2, 0.25) is 0 Å². The zero-order chi connectivity index (χ0) is 17.7. The molecule has 0 saturated carbocycles. The second-order valence-corrected chi connectivity index (χ2v) is 5.59. The van der Waals surface area contributed by atoms with Crippen molar-refractivity contribution in [1.82, 2.24) is 10.6 Å². The zero-order valence-corrected chi connectivity index (χ0v) is 14.7. The van der Waals surface area contributed by atoms with E-state index < -0.39 is 0 Å². The molecule has 3 N–H and O–H groups in total. The lowest BCUT2D eigenvalue weighted by Crippen LogP contribution is -2.39. The van der Waals surface area contributed by atoms with Gasteiger partial charge in [-0.1, -0.05) is 54.6 Å². The molecule has 0 aromatic heterocycles. The van der Waals surface area contributed by atoms with Crippen molar-refractivity contribution >= 4 is 5.96 Å². The Morgan fingerprint density at radius 2 is 1.72 bits per heavy atom. The first kappa shape index (κ1) is 19.0. The molecule has 2 aromatic rings. The molecule has 5 nitrogen and oxygen atoms in total. The first-order chi connectivity index (χ1) is 12.3. The molecular weight excluding hydrogens is 314 g/mol. The highest BCUT2D eigenvalue weighted by molar-refractivity contribution is 5.79. The van der Waals surface area contributed by atoms with Gasteiger partial charge >= 0.3 is 0 Å². The molecule has 0 bridgehead atoms. The zero-order valence-electron chi connectivity index (χ0n) is 14.7. The molecule has 0 heterocycles. The lowest BCUT2D eigenvalue weighted by Gasteiger charge is -2.12. The van der Waals surface area contributed by atoms with Crippen molar-refractivity contribution in [3.05, 3.63) is 71.3 Å². The highest BCUT2D eigenvalue weighted by atomic mass is 16.5. The average Bonchev–Trinajstić information content (AvgIpc) is 2.66. The Labute approximate surface area is 149 Å². The van der Waals surface area contributed by atoms with E-state index in [4.69, 9.17) is 4.74 Å². The lowest BCUT2D eigenvalue weighted by atomic mass is 10.1. The van der Waals surface area contributed by atoms with Gasteiger partial charge in [0.15, 0.2) is 5.96 Å². The number of hydrogen-bond donors (Lipinski definition) is 3. The van der Waals surface area contributed by atoms with Crippen LogP contribution < -0.4 is 10.6 Å². The maximum atomic E-state index is 9.39. The van der Waals surface area contributed by atoms with E-state index in [0.717, 1.165) is 23.6 Å². The quantitative estimate of drug-likeness (QED) is 0.372. The Hall–Kier alpha value is -2.37. The Balaban J connectivity index is 1.77. The fourth-order valence-electron chi connectivity index (χ4n) is 2.38. The summed E-state index contributed by atoms with van der Waals surface area (Å²) in [5, 5.41) is 15.9. The van der Waals surface area contributed by atoms with Crippen LogP contribution in [-0.2, 0) is 24.5 Å². The number of aliphatic hydroxyl groups excluding tert-OH is 1. The van der Waals surface area contributed by atoms with Crippen molar-refractivity contribution < 1.29 is 9.84 Å². The van der Waals surface area contributed by atoms with Gasteiger partial charge in [0.25, 0.3) is 0 Å². The molecule has 0 saturated heterocycles. The topological polar surface area (TPSA) is 65.9 Å². The van der Waals surface area contributed by atoms with Crippen LogP contribution in [0.3, 0.4) is 0 Å². The number of guanidine groups is 1. The number of aliphatic imine (C=N–C) groups is 1. The van der Waals surface area contributed by atoms with Gasteiger partial charge in [0.05, 0.1) is 26.4 Å². The van der Waals surface area contributed by atoms with E-state index in [1.54, 1.807) is 0 Å². The molecule has 134 valence electrons. The minimum absolute atomic E-state index is 0.0307. The molecule has 0 amide bonds. The Morgan fingerprint density at radius 1 is 1.00 bits per heavy atom. The van der Waals surface area contributed by atoms with Gasteiger partial charge in [0.1, 0.15) is 0 Å². The molecule has 0 spiro atoms. The van der Waals surface area contributed by atoms with Crippen LogP contribution in [-0.4, -0.2) is 30.8 Å². The van der Waals surface area contributed by atoms with Gasteiger partial charge in [-0.3, -0.25) is 0 Å². The number of ether oxygens (including phenoxy) is 1. The third kappa shape index (κ3) is 6.95. The van der Waals surface area contributed by atoms with Gasteiger partial charge in [0.2, 0.25) is 0 Å². The van der Waals surface area contributed by atoms with Crippen molar-refractivity contribution in [1.29, 1.82) is 0 Å². The van der Waals surface area contributed by atoms with Gasteiger partial charge in [-0.2, -0.15) is 0 Å². The monoisotopic (exact) mass is 341 g/mol. The van der Waals surface area contributed by atoms with Gasteiger partial charge in [0, 0.05) is 13.1 Å². The average molecular weight is 341 g/mol. The largest absolute Gasteiger partial charge is 0.392 e. The number of rotatable bonds is 9. The molecular formula is C20H27N3O2. The maximum Gasteiger partial charge on any atom is 0.191 e. The molecule has 0 aliphatic carbocycles. The summed E-state index contributed by atoms with van der Waals surface area (Å²) in [5.74, 6) is 0.749. The van der Waals surface area contributed by atoms with E-state index in [2.05, 4.69) is 27.8 Å². The second-order valence-electron chi connectivity index (χ2n) is 5.59. The van der Waals surface area contributed by atoms with E-state index in [9.17, 15) is 5.11 Å². The number of nitrogens with zero attached hydrogens (tertiary/aromatic N) is 1. The Bertz CT molecular complexity index is 644. The third-order valence-electron chi connectivity index (χ3n) is 3.69. The summed E-state index contributed by atoms with van der Waals surface area (Å²) in [6.07, 6.45) is 0. The van der Waals surface area contributed by atoms with Crippen molar-refractivity contribution in [2.75, 3.05) is 19.7 Å². The Morgan fingerprint density at radius 3 is 2.44 bits per heavy atom. The summed E-state index contributed by atoms with van der Waals surface area (Å²) in [4.78, 5) is 4.58. The molecule has 0 aliphatic heterocycles. The Kier molecular flexibility index (Phi) is 8.52. The minimum atomic E-state index is 0.0307. The summed E-state index contributed by atoms with van der Waals surface area (Å²) in [6, 6.07) is 17.9. The van der Waals surface area contributed by atoms with Crippen molar-refractivity contribution in [2.45, 2.75) is 26.7 Å². The SMILES string of the molecule is CCNC(=NCc1ccccc1CO)NCCOCc1ccccc1. The summed E-state index contributed by atoms with van der Waals surface area (Å²) < 4.78 is 5.67. The van der Waals surface area contributed by atoms with Crippen molar-refractivity contribution in [3.63, 3.8) is 0 Å². The van der Waals surface area contributed by atoms with Gasteiger partial charge in [-0.25, -0.2) is 4.99 Å². The van der Waals surface area contributed by atoms with E-state index in [1.807, 2.05) is 49.4 Å². The molecule has 0 radical (unpaired) electrons. The number of hydrogen-bond acceptors (Lipinski definition) is 3. The number of aliphatic hydroxyl groups is 1. The molecule has 0 fully saturated rings. The fourth-order valence-corrected chi connectivity index (χ4v) is 2.38. The highest BCUT2D eigenvalue weighted by Gasteiger charge is 2.01. The molecule has 2 aromatic carbocycles. The van der Waals surface area contributed by atoms with E-state index in [-0.39, 0.29) is 6.61 Å². The fraction of sp³-hybridized carbons (Fsp3) is 0.350. The predicted octanol–water partition coefficient (Wildman–Crippen LogP) is 2.45. The van der Waals surface area contributed by atoms with Crippen LogP contribution >= 0.6 is 0 Å². The molecule has 0 aliphatic rings. The van der Waals surface area contributed by atoms with Crippen LogP contribution in [0.25, 0.3) is 0 Å². The van der Waals surface area contributed by atoms with Crippen molar-refractivity contribution in [3.8, 4) is 0 Å². The van der Waals surface area contributed by atoms with Crippen LogP contribution in [0.5, 0.6) is 0 Å². The number of nitrogens with one attached hydrogen (secondary N) is 2. The smallest absolute Gasteiger partial charge is 0.191 e. The van der Waals surface area contributed by atoms with Gasteiger partial charge < -0.3 is 20.5 Å². The van der Waals surface area contributed by atoms with Crippen LogP contribution in [0.4, 0.5) is 0 Å². The van der Waals surface area contributed by atoms with Gasteiger partial charge in [-0.15, -0.1) is 0 Å². The molecule has 5 heteroatoms. The van der Waals surface area contributed by atoms with E-state index >= 15 is 0 Å². The van der Waals surface area contributed by atoms with Crippen LogP contribution in [0.1, 0.15) is 23.6 Å². The normalized spacial score (nSPS) is 11.4. The molecule has 0 atom stereocenters. The first-order valence-electron chi connectivity index (χ1n) is 8.65. The molecule has 2 rings (SSSR count). The summed E-state index contributed by atoms with van der Waals surface area (Å²) in [6.45, 7) is 5.27. The first-order valence-corrected chi connectivity index (χ1v) is 8.65. The molecule has 25 heavy (non-hydrogen) atoms. The standard InChI is InChI=1S/C20H27N3O2/c1-2-21-20(23-14-18-10-6-7-11-19(18)15-24)22-12-13-25-16-17-8-4-3-5-9-17/h3-11,24H,2,12-16H2,1H3,(H2,21,22,23). The van der Waals surface area contributed by atoms with Crippen LogP contribution in [0.15, 0.2) is 59.6 Å². The molecule has 0 unspecified atom stereocenters. The van der Waals surface area contributed by atoms with E-state index in [0.29, 0.717) is 26.3 Å². The predicted molar refractivity (Wildman–Crippen MR) is 101 cm³/mol. The highest BCUT2D eigenvalue weighted by Crippen LogP contribution is 2.09. The third-order valence-corrected chi connectivity index (χ3v) is 3.69. The number of benzene rings is 2. The van der Waals surface area contributed by atoms with Crippen LogP contribution in [0, 0.1) is 0 Å². The van der Waals surface area contributed by atoms with Gasteiger partial charge in [-0.05, 0) is 23.6 Å². The van der Waals surface area contributed by atoms with E-state index in [1.165, 1.54) is 5.56 Å². The minimum Gasteiger partial charge on any atom is -0.392 e. The maximum absolute atomic E-state index is 9.39. The van der Waals surface area contributed by atoms with Crippen molar-refractivity contribution in [2.24, 2.45) is 4.99 Å².